The molecular weight excluding hydrogens is 377 g/mol. The quantitative estimate of drug-likeness (QED) is 0.801. The Labute approximate surface area is 138 Å². The largest absolute Gasteiger partial charge is 0.383 e. The Kier molecular flexibility index (Phi) is 4.42. The molecule has 0 aromatic carbocycles. The molecule has 1 fully saturated rings. The number of halogens is 1. The number of anilines is 1. The van der Waals surface area contributed by atoms with Crippen molar-refractivity contribution in [2.24, 2.45) is 0 Å². The van der Waals surface area contributed by atoms with Gasteiger partial charge in [-0.2, -0.15) is 0 Å². The molecule has 6 heteroatoms. The number of nitrogens with zero attached hydrogens (tertiary/aromatic N) is 4. The maximum atomic E-state index is 6.13. The SMILES string of the molecule is CCCn1cncc1-c1nc(N)c(I)c(C2CCCC2)n1. The molecule has 1 aliphatic carbocycles. The van der Waals surface area contributed by atoms with E-state index in [-0.39, 0.29) is 0 Å². The molecule has 0 aliphatic heterocycles. The van der Waals surface area contributed by atoms with E-state index >= 15 is 0 Å². The highest BCUT2D eigenvalue weighted by Crippen LogP contribution is 2.37. The smallest absolute Gasteiger partial charge is 0.180 e. The van der Waals surface area contributed by atoms with Gasteiger partial charge in [-0.25, -0.2) is 15.0 Å². The van der Waals surface area contributed by atoms with Crippen molar-refractivity contribution in [3.63, 3.8) is 0 Å². The first kappa shape index (κ1) is 14.7. The van der Waals surface area contributed by atoms with Crippen LogP contribution in [0.4, 0.5) is 5.82 Å². The van der Waals surface area contributed by atoms with Crippen molar-refractivity contribution in [3.8, 4) is 11.5 Å². The van der Waals surface area contributed by atoms with Gasteiger partial charge in [0.1, 0.15) is 11.5 Å². The van der Waals surface area contributed by atoms with E-state index in [0.29, 0.717) is 17.6 Å². The van der Waals surface area contributed by atoms with E-state index in [0.717, 1.165) is 27.9 Å². The summed E-state index contributed by atoms with van der Waals surface area (Å²) in [5, 5.41) is 0. The normalized spacial score (nSPS) is 15.7. The van der Waals surface area contributed by atoms with Crippen molar-refractivity contribution in [3.05, 3.63) is 21.8 Å². The van der Waals surface area contributed by atoms with Gasteiger partial charge in [0.15, 0.2) is 5.82 Å². The van der Waals surface area contributed by atoms with E-state index in [1.54, 1.807) is 0 Å². The predicted octanol–water partition coefficient (Wildman–Crippen LogP) is 3.59. The van der Waals surface area contributed by atoms with Crippen LogP contribution in [-0.4, -0.2) is 19.5 Å². The highest BCUT2D eigenvalue weighted by Gasteiger charge is 2.24. The second-order valence-corrected chi connectivity index (χ2v) is 6.66. The van der Waals surface area contributed by atoms with Gasteiger partial charge in [0.05, 0.1) is 21.8 Å². The molecule has 0 radical (unpaired) electrons. The van der Waals surface area contributed by atoms with Crippen LogP contribution in [0, 0.1) is 3.57 Å². The lowest BCUT2D eigenvalue weighted by Crippen LogP contribution is -2.09. The highest BCUT2D eigenvalue weighted by molar-refractivity contribution is 14.1. The Morgan fingerprint density at radius 1 is 1.33 bits per heavy atom. The number of hydrogen-bond donors (Lipinski definition) is 1. The Morgan fingerprint density at radius 2 is 2.10 bits per heavy atom. The number of nitrogen functional groups attached to an aromatic ring is 1. The Balaban J connectivity index is 2.04. The average Bonchev–Trinajstić information content (AvgIpc) is 3.13. The van der Waals surface area contributed by atoms with Gasteiger partial charge in [0, 0.05) is 12.5 Å². The van der Waals surface area contributed by atoms with Crippen molar-refractivity contribution in [2.75, 3.05) is 5.73 Å². The Bertz CT molecular complexity index is 631. The fraction of sp³-hybridized carbons (Fsp3) is 0.533. The minimum Gasteiger partial charge on any atom is -0.383 e. The van der Waals surface area contributed by atoms with Gasteiger partial charge in [-0.05, 0) is 41.9 Å². The minimum atomic E-state index is 0.531. The van der Waals surface area contributed by atoms with Gasteiger partial charge in [0.2, 0.25) is 0 Å². The summed E-state index contributed by atoms with van der Waals surface area (Å²) in [5.74, 6) is 1.83. The zero-order chi connectivity index (χ0) is 14.8. The summed E-state index contributed by atoms with van der Waals surface area (Å²) < 4.78 is 3.12. The summed E-state index contributed by atoms with van der Waals surface area (Å²) in [6.07, 6.45) is 9.71. The maximum Gasteiger partial charge on any atom is 0.180 e. The molecule has 0 bridgehead atoms. The molecular formula is C15H20IN5. The Morgan fingerprint density at radius 3 is 2.81 bits per heavy atom. The molecule has 3 rings (SSSR count). The van der Waals surface area contributed by atoms with E-state index in [1.165, 1.54) is 25.7 Å². The van der Waals surface area contributed by atoms with Crippen molar-refractivity contribution < 1.29 is 0 Å². The van der Waals surface area contributed by atoms with E-state index in [1.807, 2.05) is 12.5 Å². The van der Waals surface area contributed by atoms with Crippen molar-refractivity contribution in [2.45, 2.75) is 51.5 Å². The molecule has 2 N–H and O–H groups in total. The van der Waals surface area contributed by atoms with Crippen LogP contribution in [-0.2, 0) is 6.54 Å². The first-order valence-corrected chi connectivity index (χ1v) is 8.62. The van der Waals surface area contributed by atoms with Crippen LogP contribution in [0.25, 0.3) is 11.5 Å². The van der Waals surface area contributed by atoms with E-state index < -0.39 is 0 Å². The zero-order valence-electron chi connectivity index (χ0n) is 12.2. The molecule has 112 valence electrons. The molecule has 21 heavy (non-hydrogen) atoms. The summed E-state index contributed by atoms with van der Waals surface area (Å²) in [6, 6.07) is 0. The second kappa shape index (κ2) is 6.29. The molecule has 5 nitrogen and oxygen atoms in total. The van der Waals surface area contributed by atoms with Gasteiger partial charge >= 0.3 is 0 Å². The molecule has 0 saturated heterocycles. The number of imidazole rings is 1. The molecule has 0 spiro atoms. The number of aromatic nitrogens is 4. The first-order valence-electron chi connectivity index (χ1n) is 7.54. The lowest BCUT2D eigenvalue weighted by molar-refractivity contribution is 0.673. The maximum absolute atomic E-state index is 6.13. The van der Waals surface area contributed by atoms with Gasteiger partial charge in [-0.1, -0.05) is 19.8 Å². The summed E-state index contributed by atoms with van der Waals surface area (Å²) in [6.45, 7) is 3.07. The molecule has 2 heterocycles. The van der Waals surface area contributed by atoms with Gasteiger partial charge in [0.25, 0.3) is 0 Å². The van der Waals surface area contributed by atoms with Crippen LogP contribution in [0.15, 0.2) is 12.5 Å². The van der Waals surface area contributed by atoms with Crippen LogP contribution < -0.4 is 5.73 Å². The van der Waals surface area contributed by atoms with Crippen molar-refractivity contribution in [1.82, 2.24) is 19.5 Å². The van der Waals surface area contributed by atoms with E-state index in [4.69, 9.17) is 10.7 Å². The number of hydrogen-bond acceptors (Lipinski definition) is 4. The van der Waals surface area contributed by atoms with E-state index in [9.17, 15) is 0 Å². The lowest BCUT2D eigenvalue weighted by atomic mass is 10.0. The predicted molar refractivity (Wildman–Crippen MR) is 91.9 cm³/mol. The van der Waals surface area contributed by atoms with Crippen LogP contribution in [0.2, 0.25) is 0 Å². The fourth-order valence-electron chi connectivity index (χ4n) is 2.99. The molecule has 2 aromatic heterocycles. The zero-order valence-corrected chi connectivity index (χ0v) is 14.4. The third-order valence-corrected chi connectivity index (χ3v) is 5.16. The van der Waals surface area contributed by atoms with E-state index in [2.05, 4.69) is 44.0 Å². The summed E-state index contributed by atoms with van der Waals surface area (Å²) in [4.78, 5) is 13.6. The van der Waals surface area contributed by atoms with Crippen LogP contribution in [0.1, 0.15) is 50.6 Å². The summed E-state index contributed by atoms with van der Waals surface area (Å²) >= 11 is 2.28. The molecule has 2 aromatic rings. The van der Waals surface area contributed by atoms with Gasteiger partial charge < -0.3 is 10.3 Å². The highest BCUT2D eigenvalue weighted by atomic mass is 127. The van der Waals surface area contributed by atoms with Crippen LogP contribution >= 0.6 is 22.6 Å². The van der Waals surface area contributed by atoms with Gasteiger partial charge in [-0.15, -0.1) is 0 Å². The standard InChI is InChI=1S/C15H20IN5/c1-2-7-21-9-18-8-11(21)15-19-13(10-5-3-4-6-10)12(16)14(17)20-15/h8-10H,2-7H2,1H3,(H2,17,19,20). The van der Waals surface area contributed by atoms with Crippen LogP contribution in [0.3, 0.4) is 0 Å². The van der Waals surface area contributed by atoms with Crippen LogP contribution in [0.5, 0.6) is 0 Å². The summed E-state index contributed by atoms with van der Waals surface area (Å²) in [7, 11) is 0. The Hall–Kier alpha value is -1.18. The topological polar surface area (TPSA) is 69.6 Å². The van der Waals surface area contributed by atoms with Gasteiger partial charge in [-0.3, -0.25) is 0 Å². The molecule has 1 saturated carbocycles. The second-order valence-electron chi connectivity index (χ2n) is 5.59. The molecule has 0 atom stereocenters. The first-order chi connectivity index (χ1) is 10.2. The fourth-order valence-corrected chi connectivity index (χ4v) is 3.67. The third-order valence-electron chi connectivity index (χ3n) is 4.05. The minimum absolute atomic E-state index is 0.531. The number of rotatable bonds is 4. The number of aryl methyl sites for hydroxylation is 1. The monoisotopic (exact) mass is 397 g/mol. The van der Waals surface area contributed by atoms with Crippen molar-refractivity contribution in [1.29, 1.82) is 0 Å². The lowest BCUT2D eigenvalue weighted by Gasteiger charge is -2.14. The molecule has 0 amide bonds. The summed E-state index contributed by atoms with van der Waals surface area (Å²) in [5.41, 5.74) is 8.21. The molecule has 1 aliphatic rings. The third kappa shape index (κ3) is 2.90. The molecule has 0 unspecified atom stereocenters. The van der Waals surface area contributed by atoms with Crippen molar-refractivity contribution >= 4 is 28.4 Å². The average molecular weight is 397 g/mol. The number of nitrogens with two attached hydrogens (primary N) is 1.